The molecule has 0 amide bonds. The third kappa shape index (κ3) is 63.7. The van der Waals surface area contributed by atoms with Gasteiger partial charge in [0.05, 0.1) is 0 Å². The summed E-state index contributed by atoms with van der Waals surface area (Å²) in [7, 11) is 0. The smallest absolute Gasteiger partial charge is 0.306 e. The Balaban J connectivity index is 4.24. The molecule has 0 fully saturated rings. The van der Waals surface area contributed by atoms with Crippen LogP contribution in [0.25, 0.3) is 0 Å². The SMILES string of the molecule is CC/C=C\C/C=C\C/C=C\C/C=C\CCCCCCC(=O)OC(COC(=O)CCCCCCC/C=C\CCCCCCC)COC(=O)CCCCCCCCCCCCCCCCCCC/C=C\CCCCCCCCCC. The lowest BCUT2D eigenvalue weighted by molar-refractivity contribution is -0.167. The zero-order valence-electron chi connectivity index (χ0n) is 51.9. The molecule has 78 heavy (non-hydrogen) atoms. The topological polar surface area (TPSA) is 78.9 Å². The van der Waals surface area contributed by atoms with Gasteiger partial charge >= 0.3 is 17.9 Å². The number of ether oxygens (including phenoxy) is 3. The molecule has 0 aliphatic carbocycles. The van der Waals surface area contributed by atoms with Gasteiger partial charge in [-0.1, -0.05) is 293 Å². The molecule has 1 atom stereocenters. The van der Waals surface area contributed by atoms with Crippen LogP contribution in [0.4, 0.5) is 0 Å². The number of unbranched alkanes of at least 4 members (excludes halogenated alkanes) is 39. The lowest BCUT2D eigenvalue weighted by Gasteiger charge is -2.18. The van der Waals surface area contributed by atoms with Crippen LogP contribution in [0, 0.1) is 0 Å². The van der Waals surface area contributed by atoms with Gasteiger partial charge < -0.3 is 14.2 Å². The summed E-state index contributed by atoms with van der Waals surface area (Å²) < 4.78 is 16.9. The Hall–Kier alpha value is -3.15. The Morgan fingerprint density at radius 2 is 0.500 bits per heavy atom. The standard InChI is InChI=1S/C72H128O6/c1-4-7-10-13-16-19-22-25-28-30-31-32-33-34-35-36-37-38-39-40-41-43-44-47-50-53-56-59-62-65-71(74)77-68-69(67-76-70(73)64-61-58-55-52-49-46-27-24-21-18-15-12-9-6-3)78-72(75)66-63-60-57-54-51-48-45-42-29-26-23-20-17-14-11-8-5-2/h8,11,17,20,24,26-27,29-31,45,48,69H,4-7,9-10,12-16,18-19,21-23,25,28,32-44,46-47,49-68H2,1-3H3/b11-8-,20-17-,27-24-,29-26-,31-30-,48-45-. The lowest BCUT2D eigenvalue weighted by Crippen LogP contribution is -2.30. The van der Waals surface area contributed by atoms with E-state index in [1.807, 2.05) is 0 Å². The molecule has 0 aliphatic heterocycles. The molecular formula is C72H128O6. The molecule has 1 unspecified atom stereocenters. The maximum atomic E-state index is 12.9. The molecule has 0 spiro atoms. The zero-order valence-corrected chi connectivity index (χ0v) is 51.9. The molecule has 0 radical (unpaired) electrons. The number of allylic oxidation sites excluding steroid dienone is 12. The van der Waals surface area contributed by atoms with Crippen LogP contribution in [0.5, 0.6) is 0 Å². The van der Waals surface area contributed by atoms with E-state index in [0.717, 1.165) is 103 Å². The summed E-state index contributed by atoms with van der Waals surface area (Å²) in [5.41, 5.74) is 0. The predicted molar refractivity (Wildman–Crippen MR) is 339 cm³/mol. The van der Waals surface area contributed by atoms with E-state index in [1.165, 1.54) is 205 Å². The fourth-order valence-corrected chi connectivity index (χ4v) is 9.84. The first-order valence-electron chi connectivity index (χ1n) is 33.9. The molecule has 0 saturated heterocycles. The fourth-order valence-electron chi connectivity index (χ4n) is 9.84. The second-order valence-electron chi connectivity index (χ2n) is 22.7. The number of hydrogen-bond donors (Lipinski definition) is 0. The molecule has 0 N–H and O–H groups in total. The molecule has 6 heteroatoms. The Labute approximate surface area is 484 Å². The highest BCUT2D eigenvalue weighted by molar-refractivity contribution is 5.71. The summed E-state index contributed by atoms with van der Waals surface area (Å²) in [6.07, 6.45) is 86.5. The molecule has 0 bridgehead atoms. The van der Waals surface area contributed by atoms with Crippen LogP contribution in [0.1, 0.15) is 348 Å². The van der Waals surface area contributed by atoms with Crippen molar-refractivity contribution in [2.24, 2.45) is 0 Å². The van der Waals surface area contributed by atoms with Crippen molar-refractivity contribution in [2.75, 3.05) is 13.2 Å². The number of carbonyl (C=O) groups is 3. The van der Waals surface area contributed by atoms with E-state index in [2.05, 4.69) is 93.7 Å². The van der Waals surface area contributed by atoms with Crippen LogP contribution in [0.3, 0.4) is 0 Å². The Kier molecular flexibility index (Phi) is 63.7. The van der Waals surface area contributed by atoms with Crippen LogP contribution in [-0.4, -0.2) is 37.2 Å². The van der Waals surface area contributed by atoms with Crippen LogP contribution in [0.15, 0.2) is 72.9 Å². The molecule has 0 saturated carbocycles. The predicted octanol–water partition coefficient (Wildman–Crippen LogP) is 23.3. The maximum absolute atomic E-state index is 12.9. The normalized spacial score (nSPS) is 12.5. The van der Waals surface area contributed by atoms with Gasteiger partial charge in [0.25, 0.3) is 0 Å². The van der Waals surface area contributed by atoms with Gasteiger partial charge in [-0.05, 0) is 109 Å². The van der Waals surface area contributed by atoms with Gasteiger partial charge in [-0.2, -0.15) is 0 Å². The van der Waals surface area contributed by atoms with Crippen molar-refractivity contribution in [3.8, 4) is 0 Å². The number of hydrogen-bond acceptors (Lipinski definition) is 6. The van der Waals surface area contributed by atoms with Gasteiger partial charge in [0.1, 0.15) is 13.2 Å². The van der Waals surface area contributed by atoms with Crippen molar-refractivity contribution in [1.29, 1.82) is 0 Å². The number of rotatable bonds is 62. The first-order valence-corrected chi connectivity index (χ1v) is 33.9. The van der Waals surface area contributed by atoms with Gasteiger partial charge in [0.2, 0.25) is 0 Å². The van der Waals surface area contributed by atoms with Crippen molar-refractivity contribution in [1.82, 2.24) is 0 Å². The van der Waals surface area contributed by atoms with E-state index in [1.54, 1.807) is 0 Å². The molecule has 0 aliphatic rings. The Morgan fingerprint density at radius 3 is 0.795 bits per heavy atom. The summed E-state index contributed by atoms with van der Waals surface area (Å²) in [5, 5.41) is 0. The van der Waals surface area contributed by atoms with Crippen LogP contribution in [-0.2, 0) is 28.6 Å². The van der Waals surface area contributed by atoms with E-state index >= 15 is 0 Å². The van der Waals surface area contributed by atoms with E-state index in [9.17, 15) is 14.4 Å². The number of carbonyl (C=O) groups excluding carboxylic acids is 3. The average molecular weight is 1090 g/mol. The molecule has 0 rings (SSSR count). The maximum Gasteiger partial charge on any atom is 0.306 e. The fraction of sp³-hybridized carbons (Fsp3) is 0.792. The zero-order chi connectivity index (χ0) is 56.4. The highest BCUT2D eigenvalue weighted by Crippen LogP contribution is 2.17. The largest absolute Gasteiger partial charge is 0.462 e. The Bertz CT molecular complexity index is 1440. The van der Waals surface area contributed by atoms with E-state index < -0.39 is 6.10 Å². The molecule has 0 aromatic rings. The first kappa shape index (κ1) is 74.8. The van der Waals surface area contributed by atoms with Crippen molar-refractivity contribution in [3.05, 3.63) is 72.9 Å². The van der Waals surface area contributed by atoms with Gasteiger partial charge in [0, 0.05) is 19.3 Å². The van der Waals surface area contributed by atoms with Gasteiger partial charge in [-0.3, -0.25) is 14.4 Å². The van der Waals surface area contributed by atoms with Crippen molar-refractivity contribution in [2.45, 2.75) is 354 Å². The molecular weight excluding hydrogens is 961 g/mol. The van der Waals surface area contributed by atoms with Gasteiger partial charge in [0.15, 0.2) is 6.10 Å². The molecule has 452 valence electrons. The van der Waals surface area contributed by atoms with Crippen LogP contribution >= 0.6 is 0 Å². The van der Waals surface area contributed by atoms with E-state index in [0.29, 0.717) is 19.3 Å². The summed E-state index contributed by atoms with van der Waals surface area (Å²) in [6.45, 7) is 6.53. The van der Waals surface area contributed by atoms with Crippen molar-refractivity contribution in [3.63, 3.8) is 0 Å². The minimum absolute atomic E-state index is 0.0856. The lowest BCUT2D eigenvalue weighted by atomic mass is 10.0. The molecule has 0 aromatic carbocycles. The first-order chi connectivity index (χ1) is 38.5. The minimum Gasteiger partial charge on any atom is -0.462 e. The highest BCUT2D eigenvalue weighted by atomic mass is 16.6. The average Bonchev–Trinajstić information content (AvgIpc) is 3.44. The Morgan fingerprint density at radius 1 is 0.269 bits per heavy atom. The summed E-state index contributed by atoms with van der Waals surface area (Å²) in [4.78, 5) is 38.3. The highest BCUT2D eigenvalue weighted by Gasteiger charge is 2.19. The van der Waals surface area contributed by atoms with Crippen LogP contribution in [0.2, 0.25) is 0 Å². The summed E-state index contributed by atoms with van der Waals surface area (Å²) in [5.74, 6) is -0.902. The summed E-state index contributed by atoms with van der Waals surface area (Å²) in [6, 6.07) is 0. The van der Waals surface area contributed by atoms with Gasteiger partial charge in [-0.15, -0.1) is 0 Å². The third-order valence-corrected chi connectivity index (χ3v) is 14.9. The second-order valence-corrected chi connectivity index (χ2v) is 22.7. The monoisotopic (exact) mass is 1090 g/mol. The quantitative estimate of drug-likeness (QED) is 0.0261. The third-order valence-electron chi connectivity index (χ3n) is 14.9. The molecule has 0 aromatic heterocycles. The van der Waals surface area contributed by atoms with E-state index in [4.69, 9.17) is 14.2 Å². The van der Waals surface area contributed by atoms with Crippen molar-refractivity contribution >= 4 is 17.9 Å². The van der Waals surface area contributed by atoms with E-state index in [-0.39, 0.29) is 31.1 Å². The van der Waals surface area contributed by atoms with Crippen molar-refractivity contribution < 1.29 is 28.6 Å². The minimum atomic E-state index is -0.792. The number of esters is 3. The molecule has 0 heterocycles. The summed E-state index contributed by atoms with van der Waals surface area (Å²) >= 11 is 0. The van der Waals surface area contributed by atoms with Gasteiger partial charge in [-0.25, -0.2) is 0 Å². The second kappa shape index (κ2) is 66.4. The molecule has 6 nitrogen and oxygen atoms in total. The van der Waals surface area contributed by atoms with Crippen LogP contribution < -0.4 is 0 Å².